The Hall–Kier alpha value is -2.93. The average molecular weight is 551 g/mol. The predicted octanol–water partition coefficient (Wildman–Crippen LogP) is 10.1. The molecule has 1 aliphatic carbocycles. The lowest BCUT2D eigenvalue weighted by atomic mass is 9.70. The number of rotatable bonds is 8. The van der Waals surface area contributed by atoms with Crippen LogP contribution in [0.1, 0.15) is 109 Å². The molecule has 4 rings (SSSR count). The second-order valence-electron chi connectivity index (χ2n) is 14.3. The largest absolute Gasteiger partial charge is 0.207 e. The molecule has 0 saturated heterocycles. The molecule has 1 atom stereocenters. The molecule has 218 valence electrons. The molecule has 0 amide bonds. The van der Waals surface area contributed by atoms with Crippen LogP contribution < -0.4 is 10.4 Å². The Morgan fingerprint density at radius 2 is 1.61 bits per heavy atom. The van der Waals surface area contributed by atoms with E-state index in [0.717, 1.165) is 43.2 Å². The van der Waals surface area contributed by atoms with E-state index < -0.39 is 0 Å². The van der Waals surface area contributed by atoms with Gasteiger partial charge in [0.05, 0.1) is 0 Å². The van der Waals surface area contributed by atoms with Gasteiger partial charge in [0.1, 0.15) is 5.82 Å². The smallest absolute Gasteiger partial charge is 0.123 e. The van der Waals surface area contributed by atoms with Crippen molar-refractivity contribution in [2.24, 2.45) is 11.3 Å². The molecule has 0 aromatic heterocycles. The van der Waals surface area contributed by atoms with Crippen LogP contribution in [0, 0.1) is 31.0 Å². The fraction of sp³-hybridized carbons (Fsp3) is 0.450. The van der Waals surface area contributed by atoms with Gasteiger partial charge in [0, 0.05) is 5.92 Å². The minimum atomic E-state index is -0.176. The third-order valence-corrected chi connectivity index (χ3v) is 8.73. The van der Waals surface area contributed by atoms with Crippen molar-refractivity contribution in [3.63, 3.8) is 0 Å². The number of aryl methyl sites for hydroxylation is 2. The first-order chi connectivity index (χ1) is 19.2. The first-order valence-corrected chi connectivity index (χ1v) is 15.7. The van der Waals surface area contributed by atoms with Crippen molar-refractivity contribution in [2.75, 3.05) is 0 Å². The van der Waals surface area contributed by atoms with Crippen LogP contribution in [-0.2, 0) is 11.8 Å². The highest BCUT2D eigenvalue weighted by Crippen LogP contribution is 2.43. The lowest BCUT2D eigenvalue weighted by Gasteiger charge is -2.35. The van der Waals surface area contributed by atoms with E-state index in [1.165, 1.54) is 49.4 Å². The van der Waals surface area contributed by atoms with Gasteiger partial charge in [-0.3, -0.25) is 0 Å². The molecule has 1 unspecified atom stereocenters. The molecular weight excluding hydrogens is 499 g/mol. The summed E-state index contributed by atoms with van der Waals surface area (Å²) in [7, 11) is 0. The van der Waals surface area contributed by atoms with Gasteiger partial charge in [-0.2, -0.15) is 0 Å². The van der Waals surface area contributed by atoms with Gasteiger partial charge in [0.15, 0.2) is 0 Å². The Kier molecular flexibility index (Phi) is 9.17. The molecule has 0 N–H and O–H groups in total. The van der Waals surface area contributed by atoms with Gasteiger partial charge in [0.2, 0.25) is 0 Å². The molecule has 0 nitrogen and oxygen atoms in total. The molecule has 0 fully saturated rings. The minimum absolute atomic E-state index is 0.0455. The summed E-state index contributed by atoms with van der Waals surface area (Å²) in [6.07, 6.45) is 10.2. The van der Waals surface area contributed by atoms with E-state index in [1.54, 1.807) is 12.1 Å². The molecular formula is C40H51F. The lowest BCUT2D eigenvalue weighted by Crippen LogP contribution is -2.34. The summed E-state index contributed by atoms with van der Waals surface area (Å²) in [5.41, 5.74) is 11.6. The molecule has 0 bridgehead atoms. The maximum Gasteiger partial charge on any atom is 0.123 e. The minimum Gasteiger partial charge on any atom is -0.207 e. The SMILES string of the molecule is CCC/C(C)=C\C1CC=c2cc(C)ccc2=C1c1cc(C(C)(C)CC(C)(C)C)cc(-c2cc(F)ccc2C)c1CC. The second kappa shape index (κ2) is 12.1. The van der Waals surface area contributed by atoms with Crippen molar-refractivity contribution in [2.45, 2.75) is 107 Å². The number of halogens is 1. The standard InChI is InChI=1S/C40H51F/c1-11-13-26(3)21-30-17-16-29-20-27(4)14-19-34(29)38(30)37-23-31(40(9,10)25-39(6,7)8)22-36(33(37)12-2)35-24-32(41)18-15-28(35)5/h14-16,18-24,30H,11-13,17,25H2,1-10H3/b26-21-. The molecule has 41 heavy (non-hydrogen) atoms. The fourth-order valence-corrected chi connectivity index (χ4v) is 7.22. The maximum atomic E-state index is 14.8. The topological polar surface area (TPSA) is 0 Å². The summed E-state index contributed by atoms with van der Waals surface area (Å²) in [6, 6.07) is 17.1. The molecule has 1 aliphatic rings. The maximum absolute atomic E-state index is 14.8. The number of hydrogen-bond acceptors (Lipinski definition) is 0. The van der Waals surface area contributed by atoms with E-state index in [2.05, 4.69) is 112 Å². The van der Waals surface area contributed by atoms with Crippen LogP contribution >= 0.6 is 0 Å². The highest BCUT2D eigenvalue weighted by molar-refractivity contribution is 5.82. The lowest BCUT2D eigenvalue weighted by molar-refractivity contribution is 0.284. The Labute approximate surface area is 249 Å². The molecule has 3 aromatic carbocycles. The van der Waals surface area contributed by atoms with E-state index in [1.807, 2.05) is 6.07 Å². The summed E-state index contributed by atoms with van der Waals surface area (Å²) in [5.74, 6) is 0.134. The number of benzene rings is 3. The van der Waals surface area contributed by atoms with Gasteiger partial charge >= 0.3 is 0 Å². The molecule has 0 aliphatic heterocycles. The molecule has 0 heterocycles. The first kappa shape index (κ1) is 31.0. The number of allylic oxidation sites excluding steroid dienone is 2. The van der Waals surface area contributed by atoms with Gasteiger partial charge in [0.25, 0.3) is 0 Å². The Morgan fingerprint density at radius 3 is 2.27 bits per heavy atom. The Balaban J connectivity index is 2.16. The van der Waals surface area contributed by atoms with Gasteiger partial charge in [-0.15, -0.1) is 0 Å². The van der Waals surface area contributed by atoms with Crippen LogP contribution in [0.4, 0.5) is 4.39 Å². The van der Waals surface area contributed by atoms with Gasteiger partial charge in [-0.1, -0.05) is 115 Å². The highest BCUT2D eigenvalue weighted by Gasteiger charge is 2.31. The summed E-state index contributed by atoms with van der Waals surface area (Å²) < 4.78 is 14.8. The van der Waals surface area contributed by atoms with Gasteiger partial charge in [-0.25, -0.2) is 4.39 Å². The van der Waals surface area contributed by atoms with E-state index in [4.69, 9.17) is 0 Å². The summed E-state index contributed by atoms with van der Waals surface area (Å²) >= 11 is 0. The third-order valence-electron chi connectivity index (χ3n) is 8.73. The number of hydrogen-bond donors (Lipinski definition) is 0. The van der Waals surface area contributed by atoms with Crippen LogP contribution in [0.5, 0.6) is 0 Å². The molecule has 0 radical (unpaired) electrons. The van der Waals surface area contributed by atoms with E-state index >= 15 is 0 Å². The van der Waals surface area contributed by atoms with Crippen LogP contribution in [0.3, 0.4) is 0 Å². The fourth-order valence-electron chi connectivity index (χ4n) is 7.22. The van der Waals surface area contributed by atoms with Crippen LogP contribution in [0.15, 0.2) is 60.2 Å². The molecule has 0 spiro atoms. The summed E-state index contributed by atoms with van der Waals surface area (Å²) in [6.45, 7) is 22.9. The molecule has 1 heteroatoms. The second-order valence-corrected chi connectivity index (χ2v) is 14.3. The Bertz CT molecular complexity index is 1570. The van der Waals surface area contributed by atoms with Crippen LogP contribution in [0.2, 0.25) is 0 Å². The zero-order valence-electron chi connectivity index (χ0n) is 27.3. The first-order valence-electron chi connectivity index (χ1n) is 15.7. The Morgan fingerprint density at radius 1 is 0.902 bits per heavy atom. The zero-order valence-corrected chi connectivity index (χ0v) is 27.3. The summed E-state index contributed by atoms with van der Waals surface area (Å²) in [5, 5.41) is 2.68. The normalized spacial score (nSPS) is 16.0. The van der Waals surface area contributed by atoms with E-state index in [-0.39, 0.29) is 16.6 Å². The molecule has 3 aromatic rings. The third kappa shape index (κ3) is 6.94. The summed E-state index contributed by atoms with van der Waals surface area (Å²) in [4.78, 5) is 0. The molecule has 0 saturated carbocycles. The van der Waals surface area contributed by atoms with Crippen molar-refractivity contribution in [3.05, 3.63) is 104 Å². The quantitative estimate of drug-likeness (QED) is 0.245. The zero-order chi connectivity index (χ0) is 30.1. The van der Waals surface area contributed by atoms with Crippen molar-refractivity contribution >= 4 is 11.6 Å². The van der Waals surface area contributed by atoms with Crippen molar-refractivity contribution in [1.82, 2.24) is 0 Å². The predicted molar refractivity (Wildman–Crippen MR) is 177 cm³/mol. The van der Waals surface area contributed by atoms with Gasteiger partial charge < -0.3 is 0 Å². The van der Waals surface area contributed by atoms with E-state index in [0.29, 0.717) is 5.92 Å². The highest BCUT2D eigenvalue weighted by atomic mass is 19.1. The monoisotopic (exact) mass is 550 g/mol. The van der Waals surface area contributed by atoms with E-state index in [9.17, 15) is 4.39 Å². The average Bonchev–Trinajstić information content (AvgIpc) is 2.88. The van der Waals surface area contributed by atoms with Crippen molar-refractivity contribution < 1.29 is 4.39 Å². The number of fused-ring (bicyclic) bond motifs is 1. The van der Waals surface area contributed by atoms with Crippen LogP contribution in [-0.4, -0.2) is 0 Å². The van der Waals surface area contributed by atoms with Crippen molar-refractivity contribution in [3.8, 4) is 11.1 Å². The van der Waals surface area contributed by atoms with Crippen LogP contribution in [0.25, 0.3) is 22.8 Å². The van der Waals surface area contributed by atoms with Crippen molar-refractivity contribution in [1.29, 1.82) is 0 Å². The van der Waals surface area contributed by atoms with Gasteiger partial charge in [-0.05, 0) is 119 Å².